The molecular weight excluding hydrogens is 341 g/mol. The minimum atomic E-state index is -4.47. The van der Waals surface area contributed by atoms with Crippen molar-refractivity contribution in [3.8, 4) is 0 Å². The third-order valence-corrected chi connectivity index (χ3v) is 4.51. The van der Waals surface area contributed by atoms with E-state index in [1.807, 2.05) is 6.92 Å². The molecule has 1 atom stereocenters. The van der Waals surface area contributed by atoms with E-state index in [0.29, 0.717) is 6.42 Å². The Kier molecular flexibility index (Phi) is 5.95. The molecule has 0 aliphatic carbocycles. The summed E-state index contributed by atoms with van der Waals surface area (Å²) < 4.78 is 38.0. The molecule has 8 heteroatoms. The summed E-state index contributed by atoms with van der Waals surface area (Å²) in [5, 5.41) is 12.5. The first kappa shape index (κ1) is 18.4. The summed E-state index contributed by atoms with van der Waals surface area (Å²) in [7, 11) is 0. The van der Waals surface area contributed by atoms with Crippen LogP contribution in [0.4, 0.5) is 13.2 Å². The van der Waals surface area contributed by atoms with E-state index in [1.54, 1.807) is 5.51 Å². The van der Waals surface area contributed by atoms with Gasteiger partial charge in [0, 0.05) is 17.8 Å². The van der Waals surface area contributed by atoms with Gasteiger partial charge in [0.2, 0.25) is 5.91 Å². The molecule has 1 aromatic carbocycles. The van der Waals surface area contributed by atoms with E-state index in [1.165, 1.54) is 23.5 Å². The molecule has 0 aliphatic rings. The molecule has 0 unspecified atom stereocenters. The van der Waals surface area contributed by atoms with Gasteiger partial charge in [-0.1, -0.05) is 12.1 Å². The number of aryl methyl sites for hydroxylation is 2. The van der Waals surface area contributed by atoms with Crippen molar-refractivity contribution in [2.75, 3.05) is 6.54 Å². The van der Waals surface area contributed by atoms with Crippen LogP contribution >= 0.6 is 11.3 Å². The van der Waals surface area contributed by atoms with Gasteiger partial charge in [-0.3, -0.25) is 4.79 Å². The standard InChI is InChI=1S/C16H17F3N2O2S/c1-10-14(24-9-21-10)5-6-15(23)20-8-13(22)11-3-2-4-12(7-11)16(17,18)19/h2-4,7,9,13,22H,5-6,8H2,1H3,(H,20,23)/t13-/m0/s1. The number of rotatable bonds is 6. The summed E-state index contributed by atoms with van der Waals surface area (Å²) >= 11 is 1.47. The molecule has 1 amide bonds. The first-order valence-corrected chi connectivity index (χ1v) is 8.16. The molecule has 0 fully saturated rings. The van der Waals surface area contributed by atoms with Gasteiger partial charge in [0.1, 0.15) is 0 Å². The maximum absolute atomic E-state index is 12.7. The number of aliphatic hydroxyl groups excluding tert-OH is 1. The fraction of sp³-hybridized carbons (Fsp3) is 0.375. The predicted octanol–water partition coefficient (Wildman–Crippen LogP) is 3.25. The number of alkyl halides is 3. The second-order valence-corrected chi connectivity index (χ2v) is 6.24. The molecule has 130 valence electrons. The highest BCUT2D eigenvalue weighted by atomic mass is 32.1. The van der Waals surface area contributed by atoms with Crippen LogP contribution in [-0.2, 0) is 17.4 Å². The summed E-state index contributed by atoms with van der Waals surface area (Å²) in [5.41, 5.74) is 1.88. The number of benzene rings is 1. The van der Waals surface area contributed by atoms with Gasteiger partial charge >= 0.3 is 6.18 Å². The number of hydrogen-bond acceptors (Lipinski definition) is 4. The number of aliphatic hydroxyl groups is 1. The first-order valence-electron chi connectivity index (χ1n) is 7.28. The van der Waals surface area contributed by atoms with Crippen molar-refractivity contribution < 1.29 is 23.1 Å². The van der Waals surface area contributed by atoms with Gasteiger partial charge in [-0.2, -0.15) is 13.2 Å². The van der Waals surface area contributed by atoms with E-state index >= 15 is 0 Å². The Hall–Kier alpha value is -1.93. The van der Waals surface area contributed by atoms with Gasteiger partial charge in [0.15, 0.2) is 0 Å². The number of amides is 1. The zero-order valence-corrected chi connectivity index (χ0v) is 13.7. The van der Waals surface area contributed by atoms with Crippen LogP contribution in [0.2, 0.25) is 0 Å². The van der Waals surface area contributed by atoms with E-state index in [0.717, 1.165) is 22.7 Å². The lowest BCUT2D eigenvalue weighted by Gasteiger charge is -2.14. The third-order valence-electron chi connectivity index (χ3n) is 3.52. The summed E-state index contributed by atoms with van der Waals surface area (Å²) in [6.45, 7) is 1.73. The van der Waals surface area contributed by atoms with Gasteiger partial charge in [-0.05, 0) is 31.0 Å². The van der Waals surface area contributed by atoms with Gasteiger partial charge in [-0.25, -0.2) is 4.98 Å². The van der Waals surface area contributed by atoms with Crippen molar-refractivity contribution >= 4 is 17.2 Å². The number of carbonyl (C=O) groups is 1. The average Bonchev–Trinajstić information content (AvgIpc) is 2.95. The Morgan fingerprint density at radius 1 is 1.42 bits per heavy atom. The number of carbonyl (C=O) groups excluding carboxylic acids is 1. The van der Waals surface area contributed by atoms with E-state index in [-0.39, 0.29) is 24.4 Å². The van der Waals surface area contributed by atoms with Crippen molar-refractivity contribution in [3.05, 3.63) is 51.5 Å². The quantitative estimate of drug-likeness (QED) is 0.833. The number of thiazole rings is 1. The number of nitrogens with one attached hydrogen (secondary N) is 1. The molecule has 2 N–H and O–H groups in total. The molecule has 0 saturated heterocycles. The molecule has 24 heavy (non-hydrogen) atoms. The second-order valence-electron chi connectivity index (χ2n) is 5.30. The molecule has 0 bridgehead atoms. The maximum Gasteiger partial charge on any atom is 0.416 e. The fourth-order valence-corrected chi connectivity index (χ4v) is 2.91. The van der Waals surface area contributed by atoms with Crippen molar-refractivity contribution in [2.24, 2.45) is 0 Å². The summed E-state index contributed by atoms with van der Waals surface area (Å²) in [6.07, 6.45) is -4.88. The van der Waals surface area contributed by atoms with Crippen molar-refractivity contribution in [3.63, 3.8) is 0 Å². The van der Waals surface area contributed by atoms with Crippen LogP contribution in [0, 0.1) is 6.92 Å². The summed E-state index contributed by atoms with van der Waals surface area (Å²) in [4.78, 5) is 16.9. The van der Waals surface area contributed by atoms with Crippen LogP contribution in [0.5, 0.6) is 0 Å². The van der Waals surface area contributed by atoms with Crippen LogP contribution in [0.25, 0.3) is 0 Å². The van der Waals surface area contributed by atoms with Crippen molar-refractivity contribution in [1.29, 1.82) is 0 Å². The van der Waals surface area contributed by atoms with Gasteiger partial charge in [-0.15, -0.1) is 11.3 Å². The SMILES string of the molecule is Cc1ncsc1CCC(=O)NC[C@H](O)c1cccc(C(F)(F)F)c1. The van der Waals surface area contributed by atoms with Gasteiger partial charge < -0.3 is 10.4 Å². The van der Waals surface area contributed by atoms with E-state index < -0.39 is 17.8 Å². The molecule has 4 nitrogen and oxygen atoms in total. The fourth-order valence-electron chi connectivity index (χ4n) is 2.13. The average molecular weight is 358 g/mol. The molecular formula is C16H17F3N2O2S. The van der Waals surface area contributed by atoms with Gasteiger partial charge in [0.05, 0.1) is 22.9 Å². The Labute approximate surface area is 141 Å². The van der Waals surface area contributed by atoms with Crippen molar-refractivity contribution in [2.45, 2.75) is 32.0 Å². The zero-order valence-electron chi connectivity index (χ0n) is 12.9. The minimum absolute atomic E-state index is 0.114. The highest BCUT2D eigenvalue weighted by Gasteiger charge is 2.30. The molecule has 1 aromatic heterocycles. The Balaban J connectivity index is 1.85. The van der Waals surface area contributed by atoms with Crippen LogP contribution in [0.3, 0.4) is 0 Å². The normalized spacial score (nSPS) is 12.9. The number of halogens is 3. The Morgan fingerprint density at radius 2 is 2.17 bits per heavy atom. The minimum Gasteiger partial charge on any atom is -0.387 e. The lowest BCUT2D eigenvalue weighted by atomic mass is 10.1. The molecule has 0 saturated carbocycles. The molecule has 1 heterocycles. The zero-order chi connectivity index (χ0) is 17.7. The predicted molar refractivity (Wildman–Crippen MR) is 84.6 cm³/mol. The highest BCUT2D eigenvalue weighted by molar-refractivity contribution is 7.09. The van der Waals surface area contributed by atoms with Crippen LogP contribution < -0.4 is 5.32 Å². The summed E-state index contributed by atoms with van der Waals surface area (Å²) in [5.74, 6) is -0.270. The second kappa shape index (κ2) is 7.76. The van der Waals surface area contributed by atoms with Crippen LogP contribution in [0.15, 0.2) is 29.8 Å². The number of nitrogens with zero attached hydrogens (tertiary/aromatic N) is 1. The molecule has 0 aliphatic heterocycles. The lowest BCUT2D eigenvalue weighted by molar-refractivity contribution is -0.137. The Morgan fingerprint density at radius 3 is 2.79 bits per heavy atom. The topological polar surface area (TPSA) is 62.2 Å². The van der Waals surface area contributed by atoms with Crippen LogP contribution in [-0.4, -0.2) is 22.5 Å². The number of aromatic nitrogens is 1. The lowest BCUT2D eigenvalue weighted by Crippen LogP contribution is -2.28. The van der Waals surface area contributed by atoms with E-state index in [9.17, 15) is 23.1 Å². The molecule has 0 spiro atoms. The van der Waals surface area contributed by atoms with E-state index in [4.69, 9.17) is 0 Å². The van der Waals surface area contributed by atoms with E-state index in [2.05, 4.69) is 10.3 Å². The smallest absolute Gasteiger partial charge is 0.387 e. The molecule has 2 aromatic rings. The monoisotopic (exact) mass is 358 g/mol. The molecule has 0 radical (unpaired) electrons. The maximum atomic E-state index is 12.7. The molecule has 2 rings (SSSR count). The van der Waals surface area contributed by atoms with Crippen LogP contribution in [0.1, 0.15) is 34.2 Å². The van der Waals surface area contributed by atoms with Crippen molar-refractivity contribution in [1.82, 2.24) is 10.3 Å². The van der Waals surface area contributed by atoms with Gasteiger partial charge in [0.25, 0.3) is 0 Å². The number of hydrogen-bond donors (Lipinski definition) is 2. The summed E-state index contributed by atoms with van der Waals surface area (Å²) in [6, 6.07) is 4.45. The third kappa shape index (κ3) is 5.04. The Bertz CT molecular complexity index is 701. The first-order chi connectivity index (χ1) is 11.3. The highest BCUT2D eigenvalue weighted by Crippen LogP contribution is 2.30. The largest absolute Gasteiger partial charge is 0.416 e.